The molecule has 1 aromatic rings. The molecule has 1 saturated heterocycles. The van der Waals surface area contributed by atoms with E-state index in [0.29, 0.717) is 19.7 Å². The Morgan fingerprint density at radius 1 is 1.30 bits per heavy atom. The zero-order valence-electron chi connectivity index (χ0n) is 13.0. The summed E-state index contributed by atoms with van der Waals surface area (Å²) >= 11 is 0. The molecule has 0 bridgehead atoms. The molecule has 0 spiro atoms. The smallest absolute Gasteiger partial charge is 0.494 e. The predicted molar refractivity (Wildman–Crippen MR) is 83.2 cm³/mol. The van der Waals surface area contributed by atoms with Gasteiger partial charge in [0, 0.05) is 23.9 Å². The Bertz CT molecular complexity index is 668. The Morgan fingerprint density at radius 2 is 2.00 bits per heavy atom. The molecule has 1 atom stereocenters. The number of azo groups is 2. The third-order valence-electron chi connectivity index (χ3n) is 3.84. The highest BCUT2D eigenvalue weighted by Gasteiger charge is 2.48. The first-order chi connectivity index (χ1) is 11.2. The minimum atomic E-state index is -0.602. The number of carbonyl (C=O) groups excluding carboxylic acids is 2. The van der Waals surface area contributed by atoms with Crippen LogP contribution >= 0.6 is 0 Å². The van der Waals surface area contributed by atoms with E-state index < -0.39 is 18.1 Å². The second kappa shape index (κ2) is 6.20. The lowest BCUT2D eigenvalue weighted by atomic mass is 10.3. The molecule has 0 aromatic heterocycles. The third kappa shape index (κ3) is 2.69. The maximum absolute atomic E-state index is 12.2. The standard InChI is InChI=1S/C16H19N4O3/c1-3-9-20-15(22)14(21)19-11-10-18(16(19)17-20)12-5-7-13(8-6-12)23-4-2/h3,5-8,16H,1,4,9-11H2,2H3/q+1. The van der Waals surface area contributed by atoms with Crippen molar-refractivity contribution in [2.24, 2.45) is 5.11 Å². The number of fused-ring (bicyclic) bond motifs is 1. The lowest BCUT2D eigenvalue weighted by Crippen LogP contribution is -2.51. The molecule has 3 rings (SSSR count). The van der Waals surface area contributed by atoms with E-state index in [4.69, 9.17) is 4.74 Å². The van der Waals surface area contributed by atoms with Gasteiger partial charge in [0.25, 0.3) is 6.29 Å². The second-order valence-corrected chi connectivity index (χ2v) is 5.26. The number of anilines is 1. The summed E-state index contributed by atoms with van der Waals surface area (Å²) in [7, 11) is 0. The van der Waals surface area contributed by atoms with E-state index in [1.54, 1.807) is 6.08 Å². The van der Waals surface area contributed by atoms with Crippen molar-refractivity contribution in [3.05, 3.63) is 36.9 Å². The highest BCUT2D eigenvalue weighted by Crippen LogP contribution is 2.28. The third-order valence-corrected chi connectivity index (χ3v) is 3.84. The Morgan fingerprint density at radius 3 is 2.65 bits per heavy atom. The van der Waals surface area contributed by atoms with Crippen LogP contribution in [-0.4, -0.2) is 53.9 Å². The first-order valence-corrected chi connectivity index (χ1v) is 7.59. The molecule has 2 heterocycles. The largest absolute Gasteiger partial charge is 0.502 e. The van der Waals surface area contributed by atoms with Crippen LogP contribution in [-0.2, 0) is 9.59 Å². The second-order valence-electron chi connectivity index (χ2n) is 5.26. The Balaban J connectivity index is 1.88. The molecule has 0 saturated carbocycles. The van der Waals surface area contributed by atoms with Gasteiger partial charge in [0.2, 0.25) is 0 Å². The van der Waals surface area contributed by atoms with Gasteiger partial charge < -0.3 is 9.64 Å². The SMILES string of the molecule is C=CC[N+]1=NC2N(CCN2c2ccc(OCC)cc2)C(=O)C1=O. The van der Waals surface area contributed by atoms with E-state index in [1.165, 1.54) is 9.60 Å². The normalized spacial score (nSPS) is 20.4. The number of ether oxygens (including phenoxy) is 1. The summed E-state index contributed by atoms with van der Waals surface area (Å²) in [5.74, 6) is -0.317. The van der Waals surface area contributed by atoms with E-state index in [9.17, 15) is 9.59 Å². The van der Waals surface area contributed by atoms with Crippen LogP contribution < -0.4 is 9.64 Å². The van der Waals surface area contributed by atoms with Crippen molar-refractivity contribution >= 4 is 17.5 Å². The van der Waals surface area contributed by atoms with Gasteiger partial charge in [0.05, 0.1) is 6.61 Å². The van der Waals surface area contributed by atoms with Gasteiger partial charge in [0.1, 0.15) is 5.75 Å². The fourth-order valence-electron chi connectivity index (χ4n) is 2.77. The Labute approximate surface area is 134 Å². The van der Waals surface area contributed by atoms with Gasteiger partial charge >= 0.3 is 11.8 Å². The topological polar surface area (TPSA) is 65.2 Å². The number of nitrogens with zero attached hydrogens (tertiary/aromatic N) is 4. The van der Waals surface area contributed by atoms with Gasteiger partial charge in [-0.2, -0.15) is 0 Å². The van der Waals surface area contributed by atoms with Crippen LogP contribution in [0.4, 0.5) is 5.69 Å². The summed E-state index contributed by atoms with van der Waals surface area (Å²) in [5.41, 5.74) is 0.936. The number of hydrogen-bond donors (Lipinski definition) is 0. The summed E-state index contributed by atoms with van der Waals surface area (Å²) in [5, 5.41) is 4.39. The van der Waals surface area contributed by atoms with Crippen molar-refractivity contribution in [2.45, 2.75) is 13.2 Å². The van der Waals surface area contributed by atoms with Crippen LogP contribution in [0.15, 0.2) is 42.0 Å². The van der Waals surface area contributed by atoms with Crippen LogP contribution in [0.25, 0.3) is 0 Å². The molecule has 7 heteroatoms. The fourth-order valence-corrected chi connectivity index (χ4v) is 2.77. The first-order valence-electron chi connectivity index (χ1n) is 7.59. The van der Waals surface area contributed by atoms with Gasteiger partial charge in [-0.05, 0) is 42.0 Å². The Hall–Kier alpha value is -2.70. The molecule has 1 aromatic carbocycles. The van der Waals surface area contributed by atoms with E-state index in [2.05, 4.69) is 11.7 Å². The molecule has 23 heavy (non-hydrogen) atoms. The van der Waals surface area contributed by atoms with Crippen LogP contribution in [0, 0.1) is 0 Å². The molecular weight excluding hydrogens is 296 g/mol. The van der Waals surface area contributed by atoms with Crippen LogP contribution in [0.5, 0.6) is 5.75 Å². The molecule has 0 radical (unpaired) electrons. The van der Waals surface area contributed by atoms with Crippen LogP contribution in [0.1, 0.15) is 6.92 Å². The summed E-state index contributed by atoms with van der Waals surface area (Å²) in [6.07, 6.45) is 1.07. The number of benzene rings is 1. The number of hydrogen-bond acceptors (Lipinski definition) is 5. The molecule has 2 amide bonds. The number of rotatable bonds is 5. The summed E-state index contributed by atoms with van der Waals surface area (Å²) < 4.78 is 6.62. The summed E-state index contributed by atoms with van der Waals surface area (Å²) in [4.78, 5) is 27.7. The summed E-state index contributed by atoms with van der Waals surface area (Å²) in [6.45, 7) is 7.48. The van der Waals surface area contributed by atoms with Crippen molar-refractivity contribution in [1.82, 2.24) is 4.90 Å². The lowest BCUT2D eigenvalue weighted by molar-refractivity contribution is -0.510. The van der Waals surface area contributed by atoms with Gasteiger partial charge in [-0.15, -0.1) is 0 Å². The van der Waals surface area contributed by atoms with Crippen molar-refractivity contribution in [2.75, 3.05) is 31.1 Å². The van der Waals surface area contributed by atoms with E-state index >= 15 is 0 Å². The van der Waals surface area contributed by atoms with E-state index in [0.717, 1.165) is 11.4 Å². The average Bonchev–Trinajstić information content (AvgIpc) is 2.97. The average molecular weight is 315 g/mol. The van der Waals surface area contributed by atoms with Crippen molar-refractivity contribution in [3.63, 3.8) is 0 Å². The maximum atomic E-state index is 12.2. The van der Waals surface area contributed by atoms with Gasteiger partial charge in [-0.3, -0.25) is 9.69 Å². The zero-order chi connectivity index (χ0) is 16.4. The fraction of sp³-hybridized carbons (Fsp3) is 0.375. The predicted octanol–water partition coefficient (Wildman–Crippen LogP) is 1.21. The first kappa shape index (κ1) is 15.2. The highest BCUT2D eigenvalue weighted by atomic mass is 16.5. The molecule has 2 aliphatic rings. The molecule has 2 aliphatic heterocycles. The van der Waals surface area contributed by atoms with E-state index in [-0.39, 0.29) is 6.54 Å². The van der Waals surface area contributed by atoms with Gasteiger partial charge in [-0.1, -0.05) is 6.58 Å². The van der Waals surface area contributed by atoms with Gasteiger partial charge in [-0.25, -0.2) is 4.79 Å². The van der Waals surface area contributed by atoms with E-state index in [1.807, 2.05) is 36.1 Å². The minimum absolute atomic E-state index is 0.228. The number of carbonyl (C=O) groups is 2. The lowest BCUT2D eigenvalue weighted by Gasteiger charge is -2.27. The van der Waals surface area contributed by atoms with Crippen LogP contribution in [0.2, 0.25) is 0 Å². The Kier molecular flexibility index (Phi) is 4.10. The molecule has 1 fully saturated rings. The molecule has 120 valence electrons. The minimum Gasteiger partial charge on any atom is -0.494 e. The molecule has 0 N–H and O–H groups in total. The summed E-state index contributed by atoms with van der Waals surface area (Å²) in [6, 6.07) is 7.64. The quantitative estimate of drug-likeness (QED) is 0.465. The van der Waals surface area contributed by atoms with Crippen molar-refractivity contribution in [3.8, 4) is 5.75 Å². The molecule has 0 aliphatic carbocycles. The molecule has 1 unspecified atom stereocenters. The monoisotopic (exact) mass is 315 g/mol. The molecular formula is C16H19N4O3+. The van der Waals surface area contributed by atoms with Gasteiger partial charge in [0.15, 0.2) is 6.54 Å². The number of amides is 2. The zero-order valence-corrected chi connectivity index (χ0v) is 13.0. The van der Waals surface area contributed by atoms with Crippen molar-refractivity contribution < 1.29 is 19.0 Å². The van der Waals surface area contributed by atoms with Crippen molar-refractivity contribution in [1.29, 1.82) is 0 Å². The van der Waals surface area contributed by atoms with Crippen LogP contribution in [0.3, 0.4) is 0 Å². The highest BCUT2D eigenvalue weighted by molar-refractivity contribution is 6.31. The maximum Gasteiger partial charge on any atom is 0.502 e. The molecule has 7 nitrogen and oxygen atoms in total.